The maximum Gasteiger partial charge on any atom is 0.255 e. The summed E-state index contributed by atoms with van der Waals surface area (Å²) in [6.45, 7) is 10.0. The van der Waals surface area contributed by atoms with Gasteiger partial charge in [-0.15, -0.1) is 0 Å². The lowest BCUT2D eigenvalue weighted by Gasteiger charge is -2.28. The second-order valence-electron chi connectivity index (χ2n) is 5.86. The summed E-state index contributed by atoms with van der Waals surface area (Å²) >= 11 is 0. The van der Waals surface area contributed by atoms with Gasteiger partial charge in [0.2, 0.25) is 0 Å². The number of aromatic amines is 1. The van der Waals surface area contributed by atoms with Crippen LogP contribution >= 0.6 is 0 Å². The second-order valence-corrected chi connectivity index (χ2v) is 5.86. The van der Waals surface area contributed by atoms with E-state index in [-0.39, 0.29) is 11.7 Å². The van der Waals surface area contributed by atoms with Gasteiger partial charge in [0.25, 0.3) is 5.91 Å². The molecule has 0 atom stereocenters. The molecule has 0 spiro atoms. The van der Waals surface area contributed by atoms with E-state index < -0.39 is 0 Å². The molecule has 0 saturated carbocycles. The lowest BCUT2D eigenvalue weighted by Crippen LogP contribution is -2.42. The molecule has 1 fully saturated rings. The Morgan fingerprint density at radius 1 is 1.27 bits per heavy atom. The molecule has 0 radical (unpaired) electrons. The number of aryl methyl sites for hydroxylation is 1. The number of hydrogen-bond acceptors (Lipinski definition) is 4. The molecule has 0 aliphatic carbocycles. The van der Waals surface area contributed by atoms with Crippen molar-refractivity contribution < 1.29 is 14.3 Å². The molecule has 6 heteroatoms. The fourth-order valence-corrected chi connectivity index (χ4v) is 2.83. The number of H-pyrrole nitrogens is 1. The number of nitrogens with zero attached hydrogens (tertiary/aromatic N) is 2. The Labute approximate surface area is 131 Å². The number of nitrogens with one attached hydrogen (secondary N) is 1. The van der Waals surface area contributed by atoms with Gasteiger partial charge in [-0.05, 0) is 19.4 Å². The number of ketones is 1. The van der Waals surface area contributed by atoms with Gasteiger partial charge in [-0.2, -0.15) is 0 Å². The third-order valence-electron chi connectivity index (χ3n) is 4.21. The minimum atomic E-state index is -0.0457. The second kappa shape index (κ2) is 7.07. The van der Waals surface area contributed by atoms with Crippen LogP contribution in [-0.4, -0.2) is 72.9 Å². The monoisotopic (exact) mass is 307 g/mol. The van der Waals surface area contributed by atoms with Gasteiger partial charge in [0.15, 0.2) is 5.78 Å². The third kappa shape index (κ3) is 3.56. The van der Waals surface area contributed by atoms with Crippen LogP contribution in [0.5, 0.6) is 0 Å². The average molecular weight is 307 g/mol. The molecule has 1 amide bonds. The Morgan fingerprint density at radius 2 is 1.91 bits per heavy atom. The van der Waals surface area contributed by atoms with Gasteiger partial charge in [-0.25, -0.2) is 0 Å². The van der Waals surface area contributed by atoms with Gasteiger partial charge in [0.05, 0.1) is 24.5 Å². The summed E-state index contributed by atoms with van der Waals surface area (Å²) in [5, 5.41) is 0. The van der Waals surface area contributed by atoms with Crippen molar-refractivity contribution in [3.8, 4) is 0 Å². The number of ether oxygens (including phenoxy) is 1. The molecule has 122 valence electrons. The lowest BCUT2D eigenvalue weighted by atomic mass is 10.1. The predicted molar refractivity (Wildman–Crippen MR) is 84.5 cm³/mol. The van der Waals surface area contributed by atoms with Crippen LogP contribution in [0.15, 0.2) is 0 Å². The molecular formula is C16H25N3O3. The van der Waals surface area contributed by atoms with Crippen molar-refractivity contribution in [3.63, 3.8) is 0 Å². The van der Waals surface area contributed by atoms with Crippen molar-refractivity contribution in [2.45, 2.75) is 20.8 Å². The molecule has 1 saturated heterocycles. The van der Waals surface area contributed by atoms with Crippen LogP contribution in [0.25, 0.3) is 0 Å². The summed E-state index contributed by atoms with van der Waals surface area (Å²) in [5.41, 5.74) is 2.65. The summed E-state index contributed by atoms with van der Waals surface area (Å²) in [6, 6.07) is 0. The first-order valence-electron chi connectivity index (χ1n) is 7.67. The molecule has 0 bridgehead atoms. The molecule has 1 aliphatic rings. The largest absolute Gasteiger partial charge is 0.379 e. The predicted octanol–water partition coefficient (Wildman–Crippen LogP) is 1.24. The van der Waals surface area contributed by atoms with Crippen molar-refractivity contribution in [1.29, 1.82) is 0 Å². The highest BCUT2D eigenvalue weighted by molar-refractivity contribution is 6.02. The maximum absolute atomic E-state index is 12.6. The van der Waals surface area contributed by atoms with E-state index in [1.54, 1.807) is 4.90 Å². The molecular weight excluding hydrogens is 282 g/mol. The summed E-state index contributed by atoms with van der Waals surface area (Å²) in [5.74, 6) is -0.0809. The zero-order valence-electron chi connectivity index (χ0n) is 13.9. The van der Waals surface area contributed by atoms with Crippen LogP contribution in [0.2, 0.25) is 0 Å². The Hall–Kier alpha value is -1.66. The minimum absolute atomic E-state index is 0.0352. The molecule has 1 aliphatic heterocycles. The molecule has 2 rings (SSSR count). The SMILES string of the molecule is CC(=O)c1[nH]c(C)c(C(=O)N(C)CCN2CCOCC2)c1C. The van der Waals surface area contributed by atoms with E-state index in [0.717, 1.165) is 44.1 Å². The van der Waals surface area contributed by atoms with Crippen molar-refractivity contribution in [1.82, 2.24) is 14.8 Å². The summed E-state index contributed by atoms with van der Waals surface area (Å²) in [7, 11) is 1.81. The molecule has 1 aromatic rings. The van der Waals surface area contributed by atoms with Crippen LogP contribution < -0.4 is 0 Å². The van der Waals surface area contributed by atoms with Crippen molar-refractivity contribution in [2.75, 3.05) is 46.4 Å². The number of Topliss-reactive ketones (excluding diaryl/α,β-unsaturated/α-hetero) is 1. The summed E-state index contributed by atoms with van der Waals surface area (Å²) < 4.78 is 5.32. The highest BCUT2D eigenvalue weighted by Crippen LogP contribution is 2.20. The fourth-order valence-electron chi connectivity index (χ4n) is 2.83. The minimum Gasteiger partial charge on any atom is -0.379 e. The zero-order valence-corrected chi connectivity index (χ0v) is 13.9. The van der Waals surface area contributed by atoms with E-state index in [1.165, 1.54) is 6.92 Å². The number of carbonyl (C=O) groups excluding carboxylic acids is 2. The first kappa shape index (κ1) is 16.7. The summed E-state index contributed by atoms with van der Waals surface area (Å²) in [4.78, 5) is 31.3. The number of aromatic nitrogens is 1. The Kier molecular flexibility index (Phi) is 5.37. The molecule has 0 aromatic carbocycles. The standard InChI is InChI=1S/C16H25N3O3/c1-11-14(12(2)17-15(11)13(3)20)16(21)18(4)5-6-19-7-9-22-10-8-19/h17H,5-10H2,1-4H3. The maximum atomic E-state index is 12.6. The van der Waals surface area contributed by atoms with Gasteiger partial charge in [-0.3, -0.25) is 14.5 Å². The van der Waals surface area contributed by atoms with Crippen LogP contribution in [0, 0.1) is 13.8 Å². The molecule has 0 unspecified atom stereocenters. The molecule has 2 heterocycles. The van der Waals surface area contributed by atoms with Gasteiger partial charge in [0, 0.05) is 45.8 Å². The van der Waals surface area contributed by atoms with E-state index >= 15 is 0 Å². The highest BCUT2D eigenvalue weighted by Gasteiger charge is 2.23. The van der Waals surface area contributed by atoms with Gasteiger partial charge in [-0.1, -0.05) is 0 Å². The van der Waals surface area contributed by atoms with Gasteiger partial charge in [0.1, 0.15) is 0 Å². The van der Waals surface area contributed by atoms with E-state index in [4.69, 9.17) is 4.74 Å². The Balaban J connectivity index is 2.02. The molecule has 22 heavy (non-hydrogen) atoms. The first-order valence-corrected chi connectivity index (χ1v) is 7.67. The number of amides is 1. The molecule has 6 nitrogen and oxygen atoms in total. The van der Waals surface area contributed by atoms with E-state index in [2.05, 4.69) is 9.88 Å². The van der Waals surface area contributed by atoms with E-state index in [0.29, 0.717) is 17.8 Å². The average Bonchev–Trinajstić information content (AvgIpc) is 2.80. The summed E-state index contributed by atoms with van der Waals surface area (Å²) in [6.07, 6.45) is 0. The number of carbonyl (C=O) groups is 2. The Morgan fingerprint density at radius 3 is 2.45 bits per heavy atom. The van der Waals surface area contributed by atoms with E-state index in [9.17, 15) is 9.59 Å². The van der Waals surface area contributed by atoms with E-state index in [1.807, 2.05) is 20.9 Å². The number of rotatable bonds is 5. The van der Waals surface area contributed by atoms with Crippen molar-refractivity contribution in [2.24, 2.45) is 0 Å². The normalized spacial score (nSPS) is 15.8. The first-order chi connectivity index (χ1) is 10.4. The van der Waals surface area contributed by atoms with Gasteiger partial charge < -0.3 is 14.6 Å². The van der Waals surface area contributed by atoms with Crippen LogP contribution in [0.1, 0.15) is 39.0 Å². The fraction of sp³-hybridized carbons (Fsp3) is 0.625. The van der Waals surface area contributed by atoms with Crippen LogP contribution in [0.4, 0.5) is 0 Å². The molecule has 1 N–H and O–H groups in total. The highest BCUT2D eigenvalue weighted by atomic mass is 16.5. The number of likely N-dealkylation sites (N-methyl/N-ethyl adjacent to an activating group) is 1. The number of hydrogen-bond donors (Lipinski definition) is 1. The zero-order chi connectivity index (χ0) is 16.3. The smallest absolute Gasteiger partial charge is 0.255 e. The Bertz CT molecular complexity index is 559. The quantitative estimate of drug-likeness (QED) is 0.831. The van der Waals surface area contributed by atoms with Crippen molar-refractivity contribution in [3.05, 3.63) is 22.5 Å². The lowest BCUT2D eigenvalue weighted by molar-refractivity contribution is 0.0338. The third-order valence-corrected chi connectivity index (χ3v) is 4.21. The molecule has 1 aromatic heterocycles. The van der Waals surface area contributed by atoms with Crippen molar-refractivity contribution >= 4 is 11.7 Å². The van der Waals surface area contributed by atoms with Crippen LogP contribution in [-0.2, 0) is 4.74 Å². The van der Waals surface area contributed by atoms with Gasteiger partial charge >= 0.3 is 0 Å². The number of morpholine rings is 1. The topological polar surface area (TPSA) is 65.6 Å². The van der Waals surface area contributed by atoms with Crippen LogP contribution in [0.3, 0.4) is 0 Å².